The third-order valence-electron chi connectivity index (χ3n) is 2.79. The molecule has 0 fully saturated rings. The molecule has 0 bridgehead atoms. The van der Waals surface area contributed by atoms with Crippen LogP contribution in [0.2, 0.25) is 0 Å². The number of hydrogen-bond acceptors (Lipinski definition) is 2. The Bertz CT molecular complexity index is 463. The number of carbonyl (C=O) groups excluding carboxylic acids is 2. The maximum Gasteiger partial charge on any atom is 0.205 e. The van der Waals surface area contributed by atoms with Crippen LogP contribution in [0.4, 0.5) is 0 Å². The van der Waals surface area contributed by atoms with E-state index in [2.05, 4.69) is 18.8 Å². The van der Waals surface area contributed by atoms with Gasteiger partial charge in [0, 0.05) is 24.8 Å². The molecule has 0 radical (unpaired) electrons. The number of ketones is 2. The molecule has 0 heterocycles. The fraction of sp³-hybridized carbons (Fsp3) is 0.412. The molecule has 0 saturated heterocycles. The van der Waals surface area contributed by atoms with Crippen LogP contribution in [0.3, 0.4) is 0 Å². The van der Waals surface area contributed by atoms with E-state index in [1.807, 2.05) is 18.2 Å². The Kier molecular flexibility index (Phi) is 7.27. The predicted octanol–water partition coefficient (Wildman–Crippen LogP) is 3.80. The van der Waals surface area contributed by atoms with E-state index >= 15 is 0 Å². The average molecular weight is 256 g/mol. The normalized spacial score (nSPS) is 9.53. The van der Waals surface area contributed by atoms with Gasteiger partial charge in [-0.15, -0.1) is 0 Å². The Balaban J connectivity index is 2.24. The fourth-order valence-corrected chi connectivity index (χ4v) is 1.67. The van der Waals surface area contributed by atoms with Crippen LogP contribution in [0.15, 0.2) is 30.3 Å². The van der Waals surface area contributed by atoms with Crippen LogP contribution in [0, 0.1) is 11.8 Å². The molecule has 2 nitrogen and oxygen atoms in total. The van der Waals surface area contributed by atoms with Crippen molar-refractivity contribution in [1.29, 1.82) is 0 Å². The lowest BCUT2D eigenvalue weighted by molar-refractivity contribution is -0.113. The molecule has 19 heavy (non-hydrogen) atoms. The highest BCUT2D eigenvalue weighted by atomic mass is 16.1. The molecule has 0 N–H and O–H groups in total. The third-order valence-corrected chi connectivity index (χ3v) is 2.79. The molecule has 0 spiro atoms. The topological polar surface area (TPSA) is 34.1 Å². The number of Topliss-reactive ketones (excluding diaryl/α,β-unsaturated/α-hetero) is 2. The van der Waals surface area contributed by atoms with Gasteiger partial charge < -0.3 is 0 Å². The van der Waals surface area contributed by atoms with E-state index in [9.17, 15) is 9.59 Å². The van der Waals surface area contributed by atoms with Crippen molar-refractivity contribution in [3.05, 3.63) is 35.9 Å². The van der Waals surface area contributed by atoms with Crippen LogP contribution in [0.25, 0.3) is 0 Å². The maximum absolute atomic E-state index is 11.8. The summed E-state index contributed by atoms with van der Waals surface area (Å²) in [5.74, 6) is 5.53. The first kappa shape index (κ1) is 15.2. The van der Waals surface area contributed by atoms with Gasteiger partial charge >= 0.3 is 0 Å². The van der Waals surface area contributed by atoms with Crippen LogP contribution < -0.4 is 0 Å². The van der Waals surface area contributed by atoms with Gasteiger partial charge in [0.05, 0.1) is 0 Å². The molecule has 0 unspecified atom stereocenters. The first-order valence-corrected chi connectivity index (χ1v) is 6.84. The summed E-state index contributed by atoms with van der Waals surface area (Å²) in [6.07, 6.45) is 4.27. The number of rotatable bonds is 7. The van der Waals surface area contributed by atoms with Crippen LogP contribution >= 0.6 is 0 Å². The Morgan fingerprint density at radius 2 is 1.79 bits per heavy atom. The van der Waals surface area contributed by atoms with Gasteiger partial charge in [-0.05, 0) is 18.8 Å². The highest BCUT2D eigenvalue weighted by molar-refractivity contribution is 5.97. The molecule has 2 heteroatoms. The maximum atomic E-state index is 11.8. The van der Waals surface area contributed by atoms with Gasteiger partial charge in [0.1, 0.15) is 0 Å². The molecule has 0 aliphatic rings. The lowest BCUT2D eigenvalue weighted by Gasteiger charge is -1.98. The molecule has 1 rings (SSSR count). The molecule has 0 amide bonds. The van der Waals surface area contributed by atoms with E-state index in [0.29, 0.717) is 24.8 Å². The monoisotopic (exact) mass is 256 g/mol. The van der Waals surface area contributed by atoms with Gasteiger partial charge in [0.25, 0.3) is 0 Å². The molecule has 0 aromatic heterocycles. The zero-order valence-electron chi connectivity index (χ0n) is 11.4. The summed E-state index contributed by atoms with van der Waals surface area (Å²) in [7, 11) is 0. The number of unbranched alkanes of at least 4 members (excludes halogenated alkanes) is 2. The summed E-state index contributed by atoms with van der Waals surface area (Å²) >= 11 is 0. The fourth-order valence-electron chi connectivity index (χ4n) is 1.67. The summed E-state index contributed by atoms with van der Waals surface area (Å²) in [6.45, 7) is 2.10. The van der Waals surface area contributed by atoms with Crippen LogP contribution in [-0.4, -0.2) is 11.6 Å². The summed E-state index contributed by atoms with van der Waals surface area (Å²) in [5.41, 5.74) is 0.712. The minimum Gasteiger partial charge on any atom is -0.294 e. The summed E-state index contributed by atoms with van der Waals surface area (Å²) in [4.78, 5) is 23.2. The van der Waals surface area contributed by atoms with Crippen molar-refractivity contribution in [3.63, 3.8) is 0 Å². The smallest absolute Gasteiger partial charge is 0.205 e. The number of hydrogen-bond donors (Lipinski definition) is 0. The predicted molar refractivity (Wildman–Crippen MR) is 76.9 cm³/mol. The minimum atomic E-state index is -0.0584. The van der Waals surface area contributed by atoms with E-state index in [1.54, 1.807) is 12.1 Å². The lowest BCUT2D eigenvalue weighted by Crippen LogP contribution is -2.01. The highest BCUT2D eigenvalue weighted by Crippen LogP contribution is 2.06. The number of carbonyl (C=O) groups is 2. The van der Waals surface area contributed by atoms with Gasteiger partial charge in [-0.25, -0.2) is 0 Å². The molecule has 1 aromatic carbocycles. The second-order valence-corrected chi connectivity index (χ2v) is 4.47. The van der Waals surface area contributed by atoms with Gasteiger partial charge in [-0.2, -0.15) is 0 Å². The molecule has 0 saturated carbocycles. The molecule has 100 valence electrons. The zero-order chi connectivity index (χ0) is 13.9. The Morgan fingerprint density at radius 3 is 2.47 bits per heavy atom. The first-order chi connectivity index (χ1) is 9.24. The minimum absolute atomic E-state index is 0.0584. The van der Waals surface area contributed by atoms with E-state index in [-0.39, 0.29) is 11.6 Å². The first-order valence-electron chi connectivity index (χ1n) is 6.84. The van der Waals surface area contributed by atoms with Crippen LogP contribution in [-0.2, 0) is 4.79 Å². The molecule has 0 aliphatic heterocycles. The van der Waals surface area contributed by atoms with E-state index < -0.39 is 0 Å². The van der Waals surface area contributed by atoms with Crippen molar-refractivity contribution >= 4 is 11.6 Å². The summed E-state index contributed by atoms with van der Waals surface area (Å²) in [5, 5.41) is 0. The molecular formula is C17H20O2. The van der Waals surface area contributed by atoms with Crippen molar-refractivity contribution in [1.82, 2.24) is 0 Å². The van der Waals surface area contributed by atoms with Gasteiger partial charge in [0.15, 0.2) is 5.78 Å². The second kappa shape index (κ2) is 9.10. The van der Waals surface area contributed by atoms with Crippen LogP contribution in [0.1, 0.15) is 55.8 Å². The third kappa shape index (κ3) is 6.57. The number of benzene rings is 1. The summed E-state index contributed by atoms with van der Waals surface area (Å²) < 4.78 is 0. The zero-order valence-corrected chi connectivity index (χ0v) is 11.4. The Labute approximate surface area is 115 Å². The molecular weight excluding hydrogens is 236 g/mol. The van der Waals surface area contributed by atoms with Crippen molar-refractivity contribution in [2.75, 3.05) is 0 Å². The van der Waals surface area contributed by atoms with E-state index in [1.165, 1.54) is 0 Å². The average Bonchev–Trinajstić information content (AvgIpc) is 2.44. The quantitative estimate of drug-likeness (QED) is 0.322. The van der Waals surface area contributed by atoms with Crippen molar-refractivity contribution in [2.24, 2.45) is 0 Å². The Hall–Kier alpha value is -1.88. The highest BCUT2D eigenvalue weighted by Gasteiger charge is 2.05. The standard InChI is InChI=1S/C17H20O2/c1-2-3-4-8-12-16(18)13-9-14-17(19)15-10-6-5-7-11-15/h5-7,10-11H,2-4,9,13-14H2,1H3. The summed E-state index contributed by atoms with van der Waals surface area (Å²) in [6, 6.07) is 9.17. The molecule has 0 aliphatic carbocycles. The SMILES string of the molecule is CCCCC#CC(=O)CCCC(=O)c1ccccc1. The van der Waals surface area contributed by atoms with Gasteiger partial charge in [0.2, 0.25) is 5.78 Å². The molecule has 1 aromatic rings. The Morgan fingerprint density at radius 1 is 1.05 bits per heavy atom. The van der Waals surface area contributed by atoms with Crippen molar-refractivity contribution in [3.8, 4) is 11.8 Å². The van der Waals surface area contributed by atoms with Gasteiger partial charge in [-0.3, -0.25) is 9.59 Å². The van der Waals surface area contributed by atoms with Crippen molar-refractivity contribution < 1.29 is 9.59 Å². The van der Waals surface area contributed by atoms with Gasteiger partial charge in [-0.1, -0.05) is 49.6 Å². The van der Waals surface area contributed by atoms with Crippen LogP contribution in [0.5, 0.6) is 0 Å². The van der Waals surface area contributed by atoms with Crippen molar-refractivity contribution in [2.45, 2.75) is 45.4 Å². The second-order valence-electron chi connectivity index (χ2n) is 4.47. The molecule has 0 atom stereocenters. The van der Waals surface area contributed by atoms with E-state index in [4.69, 9.17) is 0 Å². The largest absolute Gasteiger partial charge is 0.294 e. The lowest BCUT2D eigenvalue weighted by atomic mass is 10.0. The van der Waals surface area contributed by atoms with E-state index in [0.717, 1.165) is 19.3 Å².